The van der Waals surface area contributed by atoms with Gasteiger partial charge in [0.1, 0.15) is 0 Å². The molecule has 1 aromatic carbocycles. The van der Waals surface area contributed by atoms with Gasteiger partial charge in [-0.05, 0) is 37.4 Å². The standard InChI is InChI=1S/C24H34N4O/c1-4-26-14-13-23-21(16-26)22(25-28(23)20-11-6-5-7-12-20)17-27(15-18(2)3)24(29)19-9-8-10-19/h5-7,11-12,18-19H,4,8-10,13-17H2,1-3H3. The number of nitrogens with zero attached hydrogens (tertiary/aromatic N) is 4. The average Bonchev–Trinajstić information content (AvgIpc) is 3.04. The fourth-order valence-electron chi connectivity index (χ4n) is 4.49. The van der Waals surface area contributed by atoms with E-state index in [0.717, 1.165) is 56.8 Å². The Balaban J connectivity index is 1.67. The third-order valence-electron chi connectivity index (χ3n) is 6.36. The summed E-state index contributed by atoms with van der Waals surface area (Å²) in [4.78, 5) is 17.7. The summed E-state index contributed by atoms with van der Waals surface area (Å²) in [6.07, 6.45) is 4.29. The molecule has 156 valence electrons. The minimum atomic E-state index is 0.230. The zero-order chi connectivity index (χ0) is 20.4. The number of carbonyl (C=O) groups is 1. The van der Waals surface area contributed by atoms with Gasteiger partial charge in [-0.3, -0.25) is 9.69 Å². The molecule has 0 atom stereocenters. The molecule has 0 radical (unpaired) electrons. The highest BCUT2D eigenvalue weighted by Gasteiger charge is 2.32. The lowest BCUT2D eigenvalue weighted by Crippen LogP contribution is -2.41. The fourth-order valence-corrected chi connectivity index (χ4v) is 4.49. The van der Waals surface area contributed by atoms with Gasteiger partial charge in [0, 0.05) is 37.5 Å². The van der Waals surface area contributed by atoms with E-state index >= 15 is 0 Å². The number of aromatic nitrogens is 2. The molecule has 0 saturated heterocycles. The van der Waals surface area contributed by atoms with Gasteiger partial charge in [-0.1, -0.05) is 45.4 Å². The Labute approximate surface area is 174 Å². The molecule has 29 heavy (non-hydrogen) atoms. The van der Waals surface area contributed by atoms with Gasteiger partial charge in [-0.2, -0.15) is 5.10 Å². The van der Waals surface area contributed by atoms with E-state index in [0.29, 0.717) is 18.4 Å². The summed E-state index contributed by atoms with van der Waals surface area (Å²) in [5.74, 6) is 1.02. The fraction of sp³-hybridized carbons (Fsp3) is 0.583. The Kier molecular flexibility index (Phi) is 6.04. The molecule has 2 heterocycles. The maximum atomic E-state index is 13.1. The van der Waals surface area contributed by atoms with Crippen molar-refractivity contribution in [2.75, 3.05) is 19.6 Å². The van der Waals surface area contributed by atoms with Crippen molar-refractivity contribution in [2.24, 2.45) is 11.8 Å². The van der Waals surface area contributed by atoms with Crippen LogP contribution < -0.4 is 0 Å². The van der Waals surface area contributed by atoms with Crippen molar-refractivity contribution < 1.29 is 4.79 Å². The van der Waals surface area contributed by atoms with Gasteiger partial charge < -0.3 is 4.90 Å². The molecule has 1 aromatic heterocycles. The number of para-hydroxylation sites is 1. The van der Waals surface area contributed by atoms with Crippen LogP contribution in [0.1, 0.15) is 57.0 Å². The Hall–Kier alpha value is -2.14. The topological polar surface area (TPSA) is 41.4 Å². The van der Waals surface area contributed by atoms with Gasteiger partial charge in [0.15, 0.2) is 0 Å². The predicted octanol–water partition coefficient (Wildman–Crippen LogP) is 4.04. The van der Waals surface area contributed by atoms with Crippen LogP contribution in [0.25, 0.3) is 5.69 Å². The highest BCUT2D eigenvalue weighted by atomic mass is 16.2. The van der Waals surface area contributed by atoms with E-state index in [1.807, 2.05) is 6.07 Å². The summed E-state index contributed by atoms with van der Waals surface area (Å²) in [6, 6.07) is 10.4. The normalized spacial score (nSPS) is 17.2. The number of amides is 1. The van der Waals surface area contributed by atoms with E-state index in [4.69, 9.17) is 5.10 Å². The van der Waals surface area contributed by atoms with Gasteiger partial charge in [-0.25, -0.2) is 4.68 Å². The van der Waals surface area contributed by atoms with Crippen LogP contribution in [0.2, 0.25) is 0 Å². The van der Waals surface area contributed by atoms with Crippen molar-refractivity contribution in [2.45, 2.75) is 59.5 Å². The first-order valence-corrected chi connectivity index (χ1v) is 11.2. The smallest absolute Gasteiger partial charge is 0.226 e. The lowest BCUT2D eigenvalue weighted by molar-refractivity contribution is -0.139. The van der Waals surface area contributed by atoms with Gasteiger partial charge in [-0.15, -0.1) is 0 Å². The van der Waals surface area contributed by atoms with E-state index < -0.39 is 0 Å². The van der Waals surface area contributed by atoms with E-state index in [1.165, 1.54) is 17.7 Å². The predicted molar refractivity (Wildman–Crippen MR) is 116 cm³/mol. The van der Waals surface area contributed by atoms with Crippen LogP contribution in [0.15, 0.2) is 30.3 Å². The molecule has 2 aliphatic rings. The number of hydrogen-bond donors (Lipinski definition) is 0. The third kappa shape index (κ3) is 4.25. The zero-order valence-corrected chi connectivity index (χ0v) is 18.1. The van der Waals surface area contributed by atoms with E-state index in [9.17, 15) is 4.79 Å². The first kappa shape index (κ1) is 20.1. The maximum absolute atomic E-state index is 13.1. The molecule has 1 aliphatic heterocycles. The van der Waals surface area contributed by atoms with Crippen molar-refractivity contribution in [3.05, 3.63) is 47.3 Å². The highest BCUT2D eigenvalue weighted by Crippen LogP contribution is 2.31. The number of fused-ring (bicyclic) bond motifs is 1. The van der Waals surface area contributed by atoms with Gasteiger partial charge in [0.25, 0.3) is 0 Å². The zero-order valence-electron chi connectivity index (χ0n) is 18.1. The lowest BCUT2D eigenvalue weighted by Gasteiger charge is -2.33. The quantitative estimate of drug-likeness (QED) is 0.712. The number of hydrogen-bond acceptors (Lipinski definition) is 3. The van der Waals surface area contributed by atoms with Gasteiger partial charge in [0.2, 0.25) is 5.91 Å². The van der Waals surface area contributed by atoms with E-state index in [1.54, 1.807) is 0 Å². The van der Waals surface area contributed by atoms with Crippen LogP contribution in [-0.4, -0.2) is 45.1 Å². The Morgan fingerprint density at radius 2 is 2.00 bits per heavy atom. The molecular formula is C24H34N4O. The summed E-state index contributed by atoms with van der Waals surface area (Å²) in [5.41, 5.74) is 4.84. The second-order valence-electron chi connectivity index (χ2n) is 8.98. The second-order valence-corrected chi connectivity index (χ2v) is 8.98. The second kappa shape index (κ2) is 8.70. The summed E-state index contributed by atoms with van der Waals surface area (Å²) < 4.78 is 2.12. The molecule has 4 rings (SSSR count). The van der Waals surface area contributed by atoms with Crippen LogP contribution in [0.3, 0.4) is 0 Å². The van der Waals surface area contributed by atoms with Crippen molar-refractivity contribution in [1.29, 1.82) is 0 Å². The molecule has 5 nitrogen and oxygen atoms in total. The minimum Gasteiger partial charge on any atom is -0.336 e. The maximum Gasteiger partial charge on any atom is 0.226 e. The SMILES string of the molecule is CCN1CCc2c(c(CN(CC(C)C)C(=O)C3CCC3)nn2-c2ccccc2)C1. The van der Waals surface area contributed by atoms with Crippen molar-refractivity contribution >= 4 is 5.91 Å². The van der Waals surface area contributed by atoms with Crippen LogP contribution in [0, 0.1) is 11.8 Å². The molecule has 0 spiro atoms. The molecule has 1 amide bonds. The van der Waals surface area contributed by atoms with Gasteiger partial charge in [0.05, 0.1) is 23.6 Å². The summed E-state index contributed by atoms with van der Waals surface area (Å²) >= 11 is 0. The molecule has 2 aromatic rings. The first-order valence-electron chi connectivity index (χ1n) is 11.2. The van der Waals surface area contributed by atoms with E-state index in [2.05, 4.69) is 59.5 Å². The largest absolute Gasteiger partial charge is 0.336 e. The third-order valence-corrected chi connectivity index (χ3v) is 6.36. The highest BCUT2D eigenvalue weighted by molar-refractivity contribution is 5.79. The first-order chi connectivity index (χ1) is 14.1. The molecule has 1 fully saturated rings. The Morgan fingerprint density at radius 3 is 2.62 bits per heavy atom. The minimum absolute atomic E-state index is 0.230. The Bertz CT molecular complexity index is 838. The molecule has 0 bridgehead atoms. The van der Waals surface area contributed by atoms with Crippen molar-refractivity contribution in [3.63, 3.8) is 0 Å². The monoisotopic (exact) mass is 394 g/mol. The summed E-state index contributed by atoms with van der Waals surface area (Å²) in [6.45, 7) is 11.1. The van der Waals surface area contributed by atoms with Crippen molar-refractivity contribution in [1.82, 2.24) is 19.6 Å². The summed E-state index contributed by atoms with van der Waals surface area (Å²) in [7, 11) is 0. The van der Waals surface area contributed by atoms with E-state index in [-0.39, 0.29) is 5.92 Å². The number of benzene rings is 1. The average molecular weight is 395 g/mol. The van der Waals surface area contributed by atoms with Crippen LogP contribution in [0.4, 0.5) is 0 Å². The molecule has 0 N–H and O–H groups in total. The Morgan fingerprint density at radius 1 is 1.24 bits per heavy atom. The molecule has 1 saturated carbocycles. The molecule has 5 heteroatoms. The number of likely N-dealkylation sites (N-methyl/N-ethyl adjacent to an activating group) is 1. The van der Waals surface area contributed by atoms with Gasteiger partial charge >= 0.3 is 0 Å². The lowest BCUT2D eigenvalue weighted by atomic mass is 9.84. The van der Waals surface area contributed by atoms with Crippen LogP contribution in [-0.2, 0) is 24.3 Å². The molecule has 1 aliphatic carbocycles. The van der Waals surface area contributed by atoms with Crippen LogP contribution in [0.5, 0.6) is 0 Å². The summed E-state index contributed by atoms with van der Waals surface area (Å²) in [5, 5.41) is 5.06. The molecular weight excluding hydrogens is 360 g/mol. The number of carbonyl (C=O) groups excluding carboxylic acids is 1. The number of rotatable bonds is 7. The van der Waals surface area contributed by atoms with Crippen molar-refractivity contribution in [3.8, 4) is 5.69 Å². The van der Waals surface area contributed by atoms with Crippen LogP contribution >= 0.6 is 0 Å². The molecule has 0 unspecified atom stereocenters.